The van der Waals surface area contributed by atoms with Crippen molar-refractivity contribution >= 4 is 0 Å². The van der Waals surface area contributed by atoms with Gasteiger partial charge in [0.1, 0.15) is 0 Å². The minimum Gasteiger partial charge on any atom is -0.310 e. The highest BCUT2D eigenvalue weighted by atomic mass is 16.1. The molecule has 0 radical (unpaired) electrons. The first-order chi connectivity index (χ1) is 6.02. The van der Waals surface area contributed by atoms with Crippen molar-refractivity contribution < 1.29 is 0 Å². The maximum absolute atomic E-state index is 11.4. The van der Waals surface area contributed by atoms with Gasteiger partial charge < -0.3 is 9.88 Å². The molecule has 1 heterocycles. The molecular formula is C9H17N3O. The van der Waals surface area contributed by atoms with Crippen molar-refractivity contribution in [2.45, 2.75) is 20.4 Å². The molecule has 0 spiro atoms. The van der Waals surface area contributed by atoms with Crippen LogP contribution >= 0.6 is 0 Å². The van der Waals surface area contributed by atoms with Gasteiger partial charge in [-0.1, -0.05) is 0 Å². The summed E-state index contributed by atoms with van der Waals surface area (Å²) < 4.78 is 1.77. The van der Waals surface area contributed by atoms with Gasteiger partial charge in [0.2, 0.25) is 0 Å². The number of aromatic amines is 1. The standard InChI is InChI=1S/C9H17N3O/c1-7-8(2)12(9(13)10-7)6-5-11(3)4/h5-6H2,1-4H3,(H,10,13). The first kappa shape index (κ1) is 10.1. The SMILES string of the molecule is Cc1[nH]c(=O)n(CCN(C)C)c1C. The van der Waals surface area contributed by atoms with Gasteiger partial charge in [0, 0.05) is 24.5 Å². The number of imidazole rings is 1. The summed E-state index contributed by atoms with van der Waals surface area (Å²) in [5, 5.41) is 0. The molecule has 4 nitrogen and oxygen atoms in total. The van der Waals surface area contributed by atoms with Crippen LogP contribution in [0, 0.1) is 13.8 Å². The van der Waals surface area contributed by atoms with E-state index in [1.165, 1.54) is 0 Å². The summed E-state index contributed by atoms with van der Waals surface area (Å²) in [6.45, 7) is 5.52. The molecule has 1 aromatic heterocycles. The fourth-order valence-electron chi connectivity index (χ4n) is 1.24. The molecule has 1 aromatic rings. The number of aromatic nitrogens is 2. The molecule has 4 heteroatoms. The predicted octanol–water partition coefficient (Wildman–Crippen LogP) is 0.355. The van der Waals surface area contributed by atoms with Gasteiger partial charge in [-0.15, -0.1) is 0 Å². The van der Waals surface area contributed by atoms with Gasteiger partial charge in [0.25, 0.3) is 0 Å². The van der Waals surface area contributed by atoms with Crippen molar-refractivity contribution in [2.75, 3.05) is 20.6 Å². The molecule has 0 aliphatic carbocycles. The summed E-state index contributed by atoms with van der Waals surface area (Å²) in [4.78, 5) is 16.2. The lowest BCUT2D eigenvalue weighted by molar-refractivity contribution is 0.379. The predicted molar refractivity (Wildman–Crippen MR) is 53.1 cm³/mol. The molecule has 13 heavy (non-hydrogen) atoms. The number of aryl methyl sites for hydroxylation is 1. The van der Waals surface area contributed by atoms with Gasteiger partial charge in [-0.2, -0.15) is 0 Å². The van der Waals surface area contributed by atoms with Crippen LogP contribution in [0.25, 0.3) is 0 Å². The third kappa shape index (κ3) is 2.21. The molecular weight excluding hydrogens is 166 g/mol. The van der Waals surface area contributed by atoms with Gasteiger partial charge in [0.05, 0.1) is 0 Å². The number of likely N-dealkylation sites (N-methyl/N-ethyl adjacent to an activating group) is 1. The summed E-state index contributed by atoms with van der Waals surface area (Å²) in [7, 11) is 4.00. The second kappa shape index (κ2) is 3.79. The van der Waals surface area contributed by atoms with Crippen LogP contribution in [-0.2, 0) is 6.54 Å². The zero-order chi connectivity index (χ0) is 10.0. The molecule has 0 aliphatic rings. The zero-order valence-corrected chi connectivity index (χ0v) is 8.72. The topological polar surface area (TPSA) is 41.0 Å². The van der Waals surface area contributed by atoms with Crippen molar-refractivity contribution in [2.24, 2.45) is 0 Å². The number of hydrogen-bond acceptors (Lipinski definition) is 2. The molecule has 1 rings (SSSR count). The molecule has 0 bridgehead atoms. The van der Waals surface area contributed by atoms with Crippen LogP contribution in [0.15, 0.2) is 4.79 Å². The smallest absolute Gasteiger partial charge is 0.310 e. The van der Waals surface area contributed by atoms with E-state index in [0.717, 1.165) is 24.5 Å². The summed E-state index contributed by atoms with van der Waals surface area (Å²) in [6.07, 6.45) is 0. The van der Waals surface area contributed by atoms with Crippen LogP contribution in [0.3, 0.4) is 0 Å². The van der Waals surface area contributed by atoms with Crippen LogP contribution in [0.5, 0.6) is 0 Å². The van der Waals surface area contributed by atoms with E-state index in [4.69, 9.17) is 0 Å². The second-order valence-corrected chi connectivity index (χ2v) is 3.60. The van der Waals surface area contributed by atoms with E-state index in [9.17, 15) is 4.79 Å². The van der Waals surface area contributed by atoms with E-state index in [0.29, 0.717) is 0 Å². The highest BCUT2D eigenvalue weighted by Gasteiger charge is 2.05. The van der Waals surface area contributed by atoms with Crippen molar-refractivity contribution in [3.63, 3.8) is 0 Å². The third-order valence-electron chi connectivity index (χ3n) is 2.26. The van der Waals surface area contributed by atoms with E-state index in [1.807, 2.05) is 27.9 Å². The quantitative estimate of drug-likeness (QED) is 0.735. The van der Waals surface area contributed by atoms with Crippen LogP contribution in [0.2, 0.25) is 0 Å². The lowest BCUT2D eigenvalue weighted by Crippen LogP contribution is -2.25. The van der Waals surface area contributed by atoms with Gasteiger partial charge in [0.15, 0.2) is 0 Å². The maximum Gasteiger partial charge on any atom is 0.325 e. The fraction of sp³-hybridized carbons (Fsp3) is 0.667. The average molecular weight is 183 g/mol. The van der Waals surface area contributed by atoms with Crippen LogP contribution < -0.4 is 5.69 Å². The molecule has 0 aliphatic heterocycles. The Labute approximate surface area is 78.2 Å². The molecule has 0 aromatic carbocycles. The molecule has 0 unspecified atom stereocenters. The second-order valence-electron chi connectivity index (χ2n) is 3.60. The molecule has 0 atom stereocenters. The Morgan fingerprint density at radius 2 is 2.00 bits per heavy atom. The first-order valence-corrected chi connectivity index (χ1v) is 4.43. The van der Waals surface area contributed by atoms with Crippen molar-refractivity contribution in [1.82, 2.24) is 14.5 Å². The molecule has 0 saturated heterocycles. The highest BCUT2D eigenvalue weighted by Crippen LogP contribution is 1.99. The third-order valence-corrected chi connectivity index (χ3v) is 2.26. The Bertz CT molecular complexity index is 335. The van der Waals surface area contributed by atoms with E-state index in [2.05, 4.69) is 9.88 Å². The molecule has 74 valence electrons. The van der Waals surface area contributed by atoms with E-state index in [1.54, 1.807) is 4.57 Å². The van der Waals surface area contributed by atoms with Crippen LogP contribution in [0.1, 0.15) is 11.4 Å². The van der Waals surface area contributed by atoms with Gasteiger partial charge in [-0.3, -0.25) is 4.57 Å². The molecule has 0 fully saturated rings. The van der Waals surface area contributed by atoms with Crippen LogP contribution in [-0.4, -0.2) is 35.1 Å². The fourth-order valence-corrected chi connectivity index (χ4v) is 1.24. The van der Waals surface area contributed by atoms with Crippen LogP contribution in [0.4, 0.5) is 0 Å². The first-order valence-electron chi connectivity index (χ1n) is 4.43. The average Bonchev–Trinajstić information content (AvgIpc) is 2.24. The highest BCUT2D eigenvalue weighted by molar-refractivity contribution is 5.08. The largest absolute Gasteiger partial charge is 0.325 e. The lowest BCUT2D eigenvalue weighted by Gasteiger charge is -2.10. The Kier molecular flexibility index (Phi) is 2.93. The summed E-state index contributed by atoms with van der Waals surface area (Å²) in [6, 6.07) is 0. The molecule has 0 amide bonds. The minimum atomic E-state index is -0.00292. The van der Waals surface area contributed by atoms with Gasteiger partial charge in [-0.25, -0.2) is 4.79 Å². The van der Waals surface area contributed by atoms with Gasteiger partial charge >= 0.3 is 5.69 Å². The molecule has 0 saturated carbocycles. The monoisotopic (exact) mass is 183 g/mol. The van der Waals surface area contributed by atoms with Gasteiger partial charge in [-0.05, 0) is 27.9 Å². The number of hydrogen-bond donors (Lipinski definition) is 1. The Morgan fingerprint density at radius 3 is 2.38 bits per heavy atom. The lowest BCUT2D eigenvalue weighted by atomic mass is 10.4. The summed E-state index contributed by atoms with van der Waals surface area (Å²) in [5.41, 5.74) is 1.99. The number of rotatable bonds is 3. The number of H-pyrrole nitrogens is 1. The minimum absolute atomic E-state index is 0.00292. The van der Waals surface area contributed by atoms with E-state index < -0.39 is 0 Å². The normalized spacial score (nSPS) is 11.2. The Hall–Kier alpha value is -1.03. The summed E-state index contributed by atoms with van der Waals surface area (Å²) >= 11 is 0. The summed E-state index contributed by atoms with van der Waals surface area (Å²) in [5.74, 6) is 0. The number of nitrogens with one attached hydrogen (secondary N) is 1. The Balaban J connectivity index is 2.82. The number of nitrogens with zero attached hydrogens (tertiary/aromatic N) is 2. The molecule has 1 N–H and O–H groups in total. The maximum atomic E-state index is 11.4. The van der Waals surface area contributed by atoms with E-state index >= 15 is 0 Å². The van der Waals surface area contributed by atoms with Crippen molar-refractivity contribution in [3.05, 3.63) is 21.9 Å². The van der Waals surface area contributed by atoms with Crippen molar-refractivity contribution in [3.8, 4) is 0 Å². The van der Waals surface area contributed by atoms with Crippen molar-refractivity contribution in [1.29, 1.82) is 0 Å². The zero-order valence-electron chi connectivity index (χ0n) is 8.72. The Morgan fingerprint density at radius 1 is 1.38 bits per heavy atom. The van der Waals surface area contributed by atoms with E-state index in [-0.39, 0.29) is 5.69 Å².